The average Bonchev–Trinajstić information content (AvgIpc) is 2.38. The van der Waals surface area contributed by atoms with E-state index in [0.717, 1.165) is 18.9 Å². The molecule has 1 aromatic carbocycles. The van der Waals surface area contributed by atoms with Gasteiger partial charge >= 0.3 is 6.18 Å². The minimum atomic E-state index is -4.33. The van der Waals surface area contributed by atoms with E-state index in [4.69, 9.17) is 5.11 Å². The standard InChI is InChI=1S/C13H16F3NO/c14-13(15,16)11-5-1-2-6-12(11)17-7-3-4-10(8-17)9-18/h1-2,5-6,10,18H,3-4,7-9H2. The number of piperidine rings is 1. The van der Waals surface area contributed by atoms with E-state index >= 15 is 0 Å². The van der Waals surface area contributed by atoms with Crippen molar-refractivity contribution < 1.29 is 18.3 Å². The maximum atomic E-state index is 12.9. The summed E-state index contributed by atoms with van der Waals surface area (Å²) in [5.41, 5.74) is -0.369. The highest BCUT2D eigenvalue weighted by atomic mass is 19.4. The molecule has 0 saturated carbocycles. The third-order valence-corrected chi connectivity index (χ3v) is 3.33. The fraction of sp³-hybridized carbons (Fsp3) is 0.538. The zero-order chi connectivity index (χ0) is 13.2. The minimum Gasteiger partial charge on any atom is -0.396 e. The normalized spacial score (nSPS) is 21.1. The van der Waals surface area contributed by atoms with Gasteiger partial charge in [-0.15, -0.1) is 0 Å². The molecule has 18 heavy (non-hydrogen) atoms. The van der Waals surface area contributed by atoms with Gasteiger partial charge in [0.05, 0.1) is 5.56 Å². The van der Waals surface area contributed by atoms with E-state index in [0.29, 0.717) is 13.1 Å². The Morgan fingerprint density at radius 1 is 1.28 bits per heavy atom. The number of aliphatic hydroxyl groups is 1. The third kappa shape index (κ3) is 2.77. The summed E-state index contributed by atoms with van der Waals surface area (Å²) in [5, 5.41) is 9.14. The highest BCUT2D eigenvalue weighted by Gasteiger charge is 2.35. The van der Waals surface area contributed by atoms with Crippen LogP contribution in [-0.2, 0) is 6.18 Å². The molecule has 0 aromatic heterocycles. The molecule has 1 aliphatic heterocycles. The number of anilines is 1. The highest BCUT2D eigenvalue weighted by molar-refractivity contribution is 5.55. The number of alkyl halides is 3. The van der Waals surface area contributed by atoms with E-state index in [9.17, 15) is 13.2 Å². The molecular formula is C13H16F3NO. The molecule has 1 aromatic rings. The minimum absolute atomic E-state index is 0.0324. The van der Waals surface area contributed by atoms with E-state index < -0.39 is 11.7 Å². The molecule has 100 valence electrons. The van der Waals surface area contributed by atoms with E-state index in [2.05, 4.69) is 0 Å². The van der Waals surface area contributed by atoms with Gasteiger partial charge in [0, 0.05) is 25.4 Å². The van der Waals surface area contributed by atoms with Crippen LogP contribution < -0.4 is 4.90 Å². The van der Waals surface area contributed by atoms with Crippen LogP contribution in [0.3, 0.4) is 0 Å². The lowest BCUT2D eigenvalue weighted by Crippen LogP contribution is -2.37. The zero-order valence-electron chi connectivity index (χ0n) is 9.95. The summed E-state index contributed by atoms with van der Waals surface area (Å²) in [6, 6.07) is 5.63. The van der Waals surface area contributed by atoms with Crippen LogP contribution in [0.25, 0.3) is 0 Å². The van der Waals surface area contributed by atoms with Crippen LogP contribution in [0.15, 0.2) is 24.3 Å². The van der Waals surface area contributed by atoms with Gasteiger partial charge in [0.15, 0.2) is 0 Å². The van der Waals surface area contributed by atoms with Crippen molar-refractivity contribution in [2.45, 2.75) is 19.0 Å². The molecule has 1 fully saturated rings. The fourth-order valence-electron chi connectivity index (χ4n) is 2.42. The lowest BCUT2D eigenvalue weighted by Gasteiger charge is -2.35. The number of benzene rings is 1. The van der Waals surface area contributed by atoms with Gasteiger partial charge in [-0.3, -0.25) is 0 Å². The van der Waals surface area contributed by atoms with Gasteiger partial charge in [0.2, 0.25) is 0 Å². The number of hydrogen-bond donors (Lipinski definition) is 1. The van der Waals surface area contributed by atoms with Gasteiger partial charge in [0.1, 0.15) is 0 Å². The third-order valence-electron chi connectivity index (χ3n) is 3.33. The van der Waals surface area contributed by atoms with Crippen molar-refractivity contribution >= 4 is 5.69 Å². The largest absolute Gasteiger partial charge is 0.418 e. The Morgan fingerprint density at radius 2 is 2.00 bits per heavy atom. The first-order chi connectivity index (χ1) is 8.52. The second kappa shape index (κ2) is 5.18. The molecule has 1 saturated heterocycles. The van der Waals surface area contributed by atoms with Crippen molar-refractivity contribution in [3.05, 3.63) is 29.8 Å². The first kappa shape index (κ1) is 13.2. The topological polar surface area (TPSA) is 23.5 Å². The van der Waals surface area contributed by atoms with Gasteiger partial charge in [-0.05, 0) is 30.9 Å². The summed E-state index contributed by atoms with van der Waals surface area (Å²) < 4.78 is 38.7. The van der Waals surface area contributed by atoms with Crippen LogP contribution in [0, 0.1) is 5.92 Å². The molecule has 0 bridgehead atoms. The lowest BCUT2D eigenvalue weighted by atomic mass is 9.97. The van der Waals surface area contributed by atoms with Crippen LogP contribution in [-0.4, -0.2) is 24.8 Å². The second-order valence-electron chi connectivity index (χ2n) is 4.65. The maximum Gasteiger partial charge on any atom is 0.418 e. The Balaban J connectivity index is 2.27. The number of nitrogens with zero attached hydrogens (tertiary/aromatic N) is 1. The molecule has 1 aliphatic rings. The number of hydrogen-bond acceptors (Lipinski definition) is 2. The van der Waals surface area contributed by atoms with E-state index in [1.54, 1.807) is 11.0 Å². The molecule has 1 atom stereocenters. The SMILES string of the molecule is OCC1CCCN(c2ccccc2C(F)(F)F)C1. The Bertz CT molecular complexity index is 405. The monoisotopic (exact) mass is 259 g/mol. The van der Waals surface area contributed by atoms with Crippen LogP contribution in [0.5, 0.6) is 0 Å². The average molecular weight is 259 g/mol. The molecular weight excluding hydrogens is 243 g/mol. The van der Waals surface area contributed by atoms with Crippen molar-refractivity contribution in [3.63, 3.8) is 0 Å². The van der Waals surface area contributed by atoms with E-state index in [1.807, 2.05) is 0 Å². The van der Waals surface area contributed by atoms with Crippen molar-refractivity contribution in [1.29, 1.82) is 0 Å². The van der Waals surface area contributed by atoms with Crippen molar-refractivity contribution in [2.24, 2.45) is 5.92 Å². The lowest BCUT2D eigenvalue weighted by molar-refractivity contribution is -0.137. The summed E-state index contributed by atoms with van der Waals surface area (Å²) in [6.07, 6.45) is -2.64. The first-order valence-corrected chi connectivity index (χ1v) is 6.04. The molecule has 2 rings (SSSR count). The molecule has 0 radical (unpaired) electrons. The maximum absolute atomic E-state index is 12.9. The van der Waals surface area contributed by atoms with Crippen molar-refractivity contribution in [1.82, 2.24) is 0 Å². The molecule has 2 nitrogen and oxygen atoms in total. The molecule has 1 heterocycles. The van der Waals surface area contributed by atoms with Crippen molar-refractivity contribution in [3.8, 4) is 0 Å². The molecule has 1 N–H and O–H groups in total. The van der Waals surface area contributed by atoms with Crippen LogP contribution in [0.1, 0.15) is 18.4 Å². The summed E-state index contributed by atoms with van der Waals surface area (Å²) in [6.45, 7) is 1.14. The smallest absolute Gasteiger partial charge is 0.396 e. The number of halogens is 3. The van der Waals surface area contributed by atoms with Gasteiger partial charge in [-0.2, -0.15) is 13.2 Å². The first-order valence-electron chi connectivity index (χ1n) is 6.04. The van der Waals surface area contributed by atoms with Crippen LogP contribution >= 0.6 is 0 Å². The Kier molecular flexibility index (Phi) is 3.80. The molecule has 5 heteroatoms. The Morgan fingerprint density at radius 3 is 2.67 bits per heavy atom. The Hall–Kier alpha value is -1.23. The molecule has 1 unspecified atom stereocenters. The number of para-hydroxylation sites is 1. The van der Waals surface area contributed by atoms with E-state index in [1.165, 1.54) is 12.1 Å². The predicted molar refractivity (Wildman–Crippen MR) is 63.5 cm³/mol. The van der Waals surface area contributed by atoms with E-state index in [-0.39, 0.29) is 18.2 Å². The van der Waals surface area contributed by atoms with Gasteiger partial charge in [-0.25, -0.2) is 0 Å². The summed E-state index contributed by atoms with van der Waals surface area (Å²) >= 11 is 0. The van der Waals surface area contributed by atoms with Crippen LogP contribution in [0.2, 0.25) is 0 Å². The Labute approximate surface area is 104 Å². The summed E-state index contributed by atoms with van der Waals surface area (Å²) in [5.74, 6) is 0.0695. The fourth-order valence-corrected chi connectivity index (χ4v) is 2.42. The molecule has 0 spiro atoms. The highest BCUT2D eigenvalue weighted by Crippen LogP contribution is 2.37. The number of aliphatic hydroxyl groups excluding tert-OH is 1. The van der Waals surface area contributed by atoms with Gasteiger partial charge in [-0.1, -0.05) is 12.1 Å². The van der Waals surface area contributed by atoms with Gasteiger partial charge < -0.3 is 10.0 Å². The molecule has 0 amide bonds. The summed E-state index contributed by atoms with van der Waals surface area (Å²) in [4.78, 5) is 1.73. The van der Waals surface area contributed by atoms with Gasteiger partial charge in [0.25, 0.3) is 0 Å². The number of rotatable bonds is 2. The zero-order valence-corrected chi connectivity index (χ0v) is 9.95. The van der Waals surface area contributed by atoms with Crippen molar-refractivity contribution in [2.75, 3.05) is 24.6 Å². The van der Waals surface area contributed by atoms with Crippen LogP contribution in [0.4, 0.5) is 18.9 Å². The summed E-state index contributed by atoms with van der Waals surface area (Å²) in [7, 11) is 0. The quantitative estimate of drug-likeness (QED) is 0.882. The predicted octanol–water partition coefficient (Wildman–Crippen LogP) is 2.91. The second-order valence-corrected chi connectivity index (χ2v) is 4.65. The molecule has 0 aliphatic carbocycles.